The third-order valence-electron chi connectivity index (χ3n) is 3.06. The minimum Gasteiger partial charge on any atom is -0.314 e. The second-order valence-electron chi connectivity index (χ2n) is 4.27. The minimum atomic E-state index is 0.0453. The third kappa shape index (κ3) is 4.76. The number of hydrogen-bond acceptors (Lipinski definition) is 3. The summed E-state index contributed by atoms with van der Waals surface area (Å²) in [4.78, 5) is 13.1. The van der Waals surface area contributed by atoms with Gasteiger partial charge >= 0.3 is 0 Å². The lowest BCUT2D eigenvalue weighted by Crippen LogP contribution is -2.49. The Morgan fingerprint density at radius 1 is 1.27 bits per heavy atom. The maximum atomic E-state index is 10.9. The SMILES string of the molecule is CCCCCCC([C]=O)N1CCNCC1. The second kappa shape index (κ2) is 7.83. The van der Waals surface area contributed by atoms with Crippen LogP contribution in [0.4, 0.5) is 0 Å². The molecule has 1 rings (SSSR count). The average molecular weight is 211 g/mol. The van der Waals surface area contributed by atoms with Crippen molar-refractivity contribution in [2.24, 2.45) is 0 Å². The van der Waals surface area contributed by atoms with Crippen molar-refractivity contribution in [1.29, 1.82) is 0 Å². The molecule has 0 aromatic carbocycles. The molecule has 1 aliphatic heterocycles. The highest BCUT2D eigenvalue weighted by atomic mass is 16.1. The summed E-state index contributed by atoms with van der Waals surface area (Å²) in [5, 5.41) is 3.30. The maximum absolute atomic E-state index is 10.9. The van der Waals surface area contributed by atoms with Crippen LogP contribution in [0.25, 0.3) is 0 Å². The molecule has 1 radical (unpaired) electrons. The first-order valence-electron chi connectivity index (χ1n) is 6.21. The Hall–Kier alpha value is -0.410. The number of nitrogens with zero attached hydrogens (tertiary/aromatic N) is 1. The third-order valence-corrected chi connectivity index (χ3v) is 3.06. The summed E-state index contributed by atoms with van der Waals surface area (Å²) in [6.07, 6.45) is 8.14. The highest BCUT2D eigenvalue weighted by Gasteiger charge is 2.19. The fraction of sp³-hybridized carbons (Fsp3) is 0.917. The molecule has 0 aliphatic carbocycles. The predicted molar refractivity (Wildman–Crippen MR) is 62.7 cm³/mol. The highest BCUT2D eigenvalue weighted by molar-refractivity contribution is 5.58. The Morgan fingerprint density at radius 2 is 2.00 bits per heavy atom. The van der Waals surface area contributed by atoms with Gasteiger partial charge in [0.1, 0.15) is 0 Å². The van der Waals surface area contributed by atoms with Crippen LogP contribution in [0.1, 0.15) is 39.0 Å². The van der Waals surface area contributed by atoms with Gasteiger partial charge in [-0.3, -0.25) is 9.69 Å². The van der Waals surface area contributed by atoms with E-state index in [2.05, 4.69) is 23.4 Å². The van der Waals surface area contributed by atoms with Gasteiger partial charge in [-0.15, -0.1) is 0 Å². The van der Waals surface area contributed by atoms with Gasteiger partial charge in [0.15, 0.2) is 0 Å². The van der Waals surface area contributed by atoms with Gasteiger partial charge in [-0.05, 0) is 6.42 Å². The molecule has 0 spiro atoms. The van der Waals surface area contributed by atoms with Crippen LogP contribution in [-0.4, -0.2) is 43.4 Å². The van der Waals surface area contributed by atoms with Crippen molar-refractivity contribution in [2.75, 3.05) is 26.2 Å². The van der Waals surface area contributed by atoms with E-state index in [0.29, 0.717) is 0 Å². The van der Waals surface area contributed by atoms with Gasteiger partial charge in [-0.25, -0.2) is 0 Å². The van der Waals surface area contributed by atoms with Gasteiger partial charge in [0.05, 0.1) is 6.04 Å². The number of hydrogen-bond donors (Lipinski definition) is 1. The van der Waals surface area contributed by atoms with E-state index in [1.54, 1.807) is 0 Å². The molecule has 0 saturated carbocycles. The fourth-order valence-electron chi connectivity index (χ4n) is 2.07. The standard InChI is InChI=1S/C12H23N2O/c1-2-3-4-5-6-12(11-15)14-9-7-13-8-10-14/h12-13H,2-10H2,1H3. The van der Waals surface area contributed by atoms with Gasteiger partial charge in [0, 0.05) is 26.2 Å². The molecule has 1 atom stereocenters. The van der Waals surface area contributed by atoms with E-state index in [1.807, 2.05) is 0 Å². The monoisotopic (exact) mass is 211 g/mol. The first kappa shape index (κ1) is 12.7. The van der Waals surface area contributed by atoms with E-state index in [4.69, 9.17) is 0 Å². The molecular weight excluding hydrogens is 188 g/mol. The van der Waals surface area contributed by atoms with Crippen LogP contribution in [0, 0.1) is 0 Å². The number of rotatable bonds is 7. The first-order valence-corrected chi connectivity index (χ1v) is 6.21. The molecule has 1 unspecified atom stereocenters. The molecule has 0 bridgehead atoms. The van der Waals surface area contributed by atoms with Crippen molar-refractivity contribution in [1.82, 2.24) is 10.2 Å². The van der Waals surface area contributed by atoms with Crippen molar-refractivity contribution in [2.45, 2.75) is 45.1 Å². The van der Waals surface area contributed by atoms with E-state index < -0.39 is 0 Å². The van der Waals surface area contributed by atoms with Gasteiger partial charge < -0.3 is 5.32 Å². The van der Waals surface area contributed by atoms with Gasteiger partial charge in [0.2, 0.25) is 6.29 Å². The Labute approximate surface area is 93.2 Å². The number of nitrogens with one attached hydrogen (secondary N) is 1. The topological polar surface area (TPSA) is 32.3 Å². The molecule has 3 nitrogen and oxygen atoms in total. The van der Waals surface area contributed by atoms with Crippen molar-refractivity contribution in [3.05, 3.63) is 0 Å². The van der Waals surface area contributed by atoms with E-state index in [9.17, 15) is 4.79 Å². The van der Waals surface area contributed by atoms with Crippen LogP contribution in [0.5, 0.6) is 0 Å². The lowest BCUT2D eigenvalue weighted by molar-refractivity contribution is 0.199. The van der Waals surface area contributed by atoms with Crippen LogP contribution in [-0.2, 0) is 4.79 Å². The summed E-state index contributed by atoms with van der Waals surface area (Å²) >= 11 is 0. The Morgan fingerprint density at radius 3 is 2.60 bits per heavy atom. The quantitative estimate of drug-likeness (QED) is 0.645. The molecule has 1 heterocycles. The van der Waals surface area contributed by atoms with Crippen LogP contribution in [0.3, 0.4) is 0 Å². The van der Waals surface area contributed by atoms with Crippen LogP contribution in [0.15, 0.2) is 0 Å². The molecule has 0 amide bonds. The smallest absolute Gasteiger partial charge is 0.217 e. The molecule has 1 fully saturated rings. The molecule has 1 saturated heterocycles. The van der Waals surface area contributed by atoms with Crippen molar-refractivity contribution in [3.8, 4) is 0 Å². The summed E-state index contributed by atoms with van der Waals surface area (Å²) < 4.78 is 0. The normalized spacial score (nSPS) is 20.1. The molecule has 0 aromatic heterocycles. The molecule has 1 N–H and O–H groups in total. The van der Waals surface area contributed by atoms with Crippen LogP contribution < -0.4 is 5.32 Å². The molecule has 15 heavy (non-hydrogen) atoms. The molecule has 1 aliphatic rings. The summed E-state index contributed by atoms with van der Waals surface area (Å²) in [6, 6.07) is 0.0453. The van der Waals surface area contributed by atoms with Crippen LogP contribution >= 0.6 is 0 Å². The van der Waals surface area contributed by atoms with E-state index in [-0.39, 0.29) is 6.04 Å². The Bertz CT molecular complexity index is 167. The van der Waals surface area contributed by atoms with E-state index in [1.165, 1.54) is 19.3 Å². The van der Waals surface area contributed by atoms with Crippen molar-refractivity contribution < 1.29 is 4.79 Å². The molecular formula is C12H23N2O. The minimum absolute atomic E-state index is 0.0453. The average Bonchev–Trinajstić information content (AvgIpc) is 2.30. The zero-order valence-corrected chi connectivity index (χ0v) is 9.80. The van der Waals surface area contributed by atoms with Crippen molar-refractivity contribution >= 4 is 6.29 Å². The summed E-state index contributed by atoms with van der Waals surface area (Å²) in [6.45, 7) is 6.21. The summed E-state index contributed by atoms with van der Waals surface area (Å²) in [5.74, 6) is 0. The zero-order valence-electron chi connectivity index (χ0n) is 9.80. The van der Waals surface area contributed by atoms with Gasteiger partial charge in [-0.2, -0.15) is 0 Å². The van der Waals surface area contributed by atoms with Gasteiger partial charge in [-0.1, -0.05) is 32.6 Å². The highest BCUT2D eigenvalue weighted by Crippen LogP contribution is 2.10. The van der Waals surface area contributed by atoms with Gasteiger partial charge in [0.25, 0.3) is 0 Å². The lowest BCUT2D eigenvalue weighted by Gasteiger charge is -2.31. The van der Waals surface area contributed by atoms with E-state index >= 15 is 0 Å². The number of piperazine rings is 1. The fourth-order valence-corrected chi connectivity index (χ4v) is 2.07. The largest absolute Gasteiger partial charge is 0.314 e. The molecule has 0 aromatic rings. The zero-order chi connectivity index (χ0) is 10.9. The number of unbranched alkanes of at least 4 members (excludes halogenated alkanes) is 3. The first-order chi connectivity index (χ1) is 7.38. The predicted octanol–water partition coefficient (Wildman–Crippen LogP) is 1.34. The Balaban J connectivity index is 2.18. The van der Waals surface area contributed by atoms with Crippen LogP contribution in [0.2, 0.25) is 0 Å². The molecule has 87 valence electrons. The summed E-state index contributed by atoms with van der Waals surface area (Å²) in [7, 11) is 0. The van der Waals surface area contributed by atoms with Crippen molar-refractivity contribution in [3.63, 3.8) is 0 Å². The number of carbonyl (C=O) groups excluding carboxylic acids is 1. The van der Waals surface area contributed by atoms with E-state index in [0.717, 1.165) is 39.0 Å². The Kier molecular flexibility index (Phi) is 6.60. The summed E-state index contributed by atoms with van der Waals surface area (Å²) in [5.41, 5.74) is 0. The maximum Gasteiger partial charge on any atom is 0.217 e. The second-order valence-corrected chi connectivity index (χ2v) is 4.27. The molecule has 3 heteroatoms. The lowest BCUT2D eigenvalue weighted by atomic mass is 10.1.